The fourth-order valence-electron chi connectivity index (χ4n) is 2.69. The van der Waals surface area contributed by atoms with Crippen LogP contribution in [0.25, 0.3) is 20.8 Å². The number of halogens is 3. The number of nitrogens with two attached hydrogens (primary N) is 1. The van der Waals surface area contributed by atoms with Crippen molar-refractivity contribution in [2.24, 2.45) is 0 Å². The minimum absolute atomic E-state index is 0.0798. The standard InChI is InChI=1S/C18H12F3N5O2S2/c19-18(20,21)28-12-4-2-1-3-10(12)15-25-26-17(30-15)24-14(27)8-9-5-6-11-13(7-9)29-16(22)23-11/h1-7H,8H2,(H2,22,23)(H,24,26,27). The third kappa shape index (κ3) is 4.66. The molecule has 0 fully saturated rings. The number of nitrogen functional groups attached to an aromatic ring is 1. The van der Waals surface area contributed by atoms with Crippen molar-refractivity contribution < 1.29 is 22.7 Å². The Morgan fingerprint density at radius 3 is 2.73 bits per heavy atom. The molecule has 0 spiro atoms. The molecule has 1 amide bonds. The van der Waals surface area contributed by atoms with Crippen LogP contribution < -0.4 is 15.8 Å². The van der Waals surface area contributed by atoms with Crippen molar-refractivity contribution in [2.75, 3.05) is 11.1 Å². The van der Waals surface area contributed by atoms with Crippen molar-refractivity contribution in [3.8, 4) is 16.3 Å². The van der Waals surface area contributed by atoms with Gasteiger partial charge in [-0.1, -0.05) is 40.9 Å². The molecule has 0 radical (unpaired) electrons. The fraction of sp³-hybridized carbons (Fsp3) is 0.111. The Bertz CT molecular complexity index is 1220. The number of hydrogen-bond acceptors (Lipinski definition) is 8. The molecule has 0 atom stereocenters. The lowest BCUT2D eigenvalue weighted by molar-refractivity contribution is -0.274. The minimum atomic E-state index is -4.83. The highest BCUT2D eigenvalue weighted by Gasteiger charge is 2.32. The zero-order chi connectivity index (χ0) is 21.3. The molecule has 0 bridgehead atoms. The number of aromatic nitrogens is 3. The molecule has 0 aliphatic carbocycles. The summed E-state index contributed by atoms with van der Waals surface area (Å²) in [5.74, 6) is -0.731. The molecule has 12 heteroatoms. The summed E-state index contributed by atoms with van der Waals surface area (Å²) in [6.07, 6.45) is -4.75. The normalized spacial score (nSPS) is 11.6. The molecule has 4 rings (SSSR count). The zero-order valence-electron chi connectivity index (χ0n) is 14.9. The van der Waals surface area contributed by atoms with Gasteiger partial charge in [0.15, 0.2) is 10.1 Å². The number of hydrogen-bond donors (Lipinski definition) is 2. The third-order valence-corrected chi connectivity index (χ3v) is 5.57. The highest BCUT2D eigenvalue weighted by atomic mass is 32.1. The number of carbonyl (C=O) groups is 1. The Labute approximate surface area is 175 Å². The fourth-order valence-corrected chi connectivity index (χ4v) is 4.27. The van der Waals surface area contributed by atoms with E-state index in [1.165, 1.54) is 29.5 Å². The molecule has 3 N–H and O–H groups in total. The molecular weight excluding hydrogens is 439 g/mol. The number of benzene rings is 2. The second kappa shape index (κ2) is 7.88. The number of fused-ring (bicyclic) bond motifs is 1. The molecular formula is C18H12F3N5O2S2. The summed E-state index contributed by atoms with van der Waals surface area (Å²) in [6.45, 7) is 0. The van der Waals surface area contributed by atoms with Crippen LogP contribution in [-0.4, -0.2) is 27.5 Å². The molecule has 2 heterocycles. The van der Waals surface area contributed by atoms with E-state index >= 15 is 0 Å². The van der Waals surface area contributed by atoms with E-state index in [4.69, 9.17) is 5.73 Å². The number of rotatable bonds is 5. The van der Waals surface area contributed by atoms with Crippen LogP contribution in [0.5, 0.6) is 5.75 Å². The van der Waals surface area contributed by atoms with Crippen molar-refractivity contribution in [3.05, 3.63) is 48.0 Å². The van der Waals surface area contributed by atoms with Crippen molar-refractivity contribution >= 4 is 49.1 Å². The van der Waals surface area contributed by atoms with E-state index in [1.807, 2.05) is 6.07 Å². The molecule has 0 saturated carbocycles. The Morgan fingerprint density at radius 1 is 1.13 bits per heavy atom. The quantitative estimate of drug-likeness (QED) is 0.464. The van der Waals surface area contributed by atoms with Gasteiger partial charge in [0.05, 0.1) is 22.2 Å². The van der Waals surface area contributed by atoms with Crippen LogP contribution in [0.4, 0.5) is 23.4 Å². The summed E-state index contributed by atoms with van der Waals surface area (Å²) in [5, 5.41) is 11.1. The summed E-state index contributed by atoms with van der Waals surface area (Å²) in [4.78, 5) is 16.5. The summed E-state index contributed by atoms with van der Waals surface area (Å²) in [5.41, 5.74) is 7.33. The van der Waals surface area contributed by atoms with Gasteiger partial charge in [-0.2, -0.15) is 0 Å². The van der Waals surface area contributed by atoms with Gasteiger partial charge >= 0.3 is 6.36 Å². The zero-order valence-corrected chi connectivity index (χ0v) is 16.6. The molecule has 2 aromatic heterocycles. The Balaban J connectivity index is 1.47. The highest BCUT2D eigenvalue weighted by Crippen LogP contribution is 2.36. The van der Waals surface area contributed by atoms with Gasteiger partial charge in [0, 0.05) is 0 Å². The topological polar surface area (TPSA) is 103 Å². The van der Waals surface area contributed by atoms with Gasteiger partial charge in [-0.25, -0.2) is 4.98 Å². The lowest BCUT2D eigenvalue weighted by Crippen LogP contribution is -2.17. The molecule has 2 aromatic carbocycles. The number of anilines is 2. The number of thiazole rings is 1. The van der Waals surface area contributed by atoms with E-state index in [0.29, 0.717) is 5.13 Å². The van der Waals surface area contributed by atoms with Crippen molar-refractivity contribution in [1.29, 1.82) is 0 Å². The first-order chi connectivity index (χ1) is 14.3. The largest absolute Gasteiger partial charge is 0.573 e. The third-order valence-electron chi connectivity index (χ3n) is 3.85. The van der Waals surface area contributed by atoms with Gasteiger partial charge in [-0.15, -0.1) is 23.4 Å². The van der Waals surface area contributed by atoms with Crippen LogP contribution >= 0.6 is 22.7 Å². The van der Waals surface area contributed by atoms with Crippen molar-refractivity contribution in [3.63, 3.8) is 0 Å². The Kier molecular flexibility index (Phi) is 5.26. The molecule has 30 heavy (non-hydrogen) atoms. The number of alkyl halides is 3. The summed E-state index contributed by atoms with van der Waals surface area (Å²) in [7, 11) is 0. The number of nitrogens with one attached hydrogen (secondary N) is 1. The number of para-hydroxylation sites is 1. The lowest BCUT2D eigenvalue weighted by atomic mass is 10.1. The van der Waals surface area contributed by atoms with Crippen LogP contribution in [0.3, 0.4) is 0 Å². The van der Waals surface area contributed by atoms with E-state index in [2.05, 4.69) is 25.2 Å². The van der Waals surface area contributed by atoms with Crippen molar-refractivity contribution in [2.45, 2.75) is 12.8 Å². The number of ether oxygens (including phenoxy) is 1. The van der Waals surface area contributed by atoms with Gasteiger partial charge in [0.2, 0.25) is 11.0 Å². The lowest BCUT2D eigenvalue weighted by Gasteiger charge is -2.11. The number of carbonyl (C=O) groups excluding carboxylic acids is 1. The highest BCUT2D eigenvalue weighted by molar-refractivity contribution is 7.22. The van der Waals surface area contributed by atoms with E-state index in [9.17, 15) is 18.0 Å². The minimum Gasteiger partial charge on any atom is -0.405 e. The summed E-state index contributed by atoms with van der Waals surface area (Å²) >= 11 is 2.27. The second-order valence-electron chi connectivity index (χ2n) is 6.04. The average Bonchev–Trinajstić information content (AvgIpc) is 3.26. The van der Waals surface area contributed by atoms with E-state index in [-0.39, 0.29) is 28.0 Å². The Morgan fingerprint density at radius 2 is 1.93 bits per heavy atom. The molecule has 154 valence electrons. The summed E-state index contributed by atoms with van der Waals surface area (Å²) < 4.78 is 42.7. The predicted octanol–water partition coefficient (Wildman–Crippen LogP) is 4.48. The van der Waals surface area contributed by atoms with Crippen LogP contribution in [-0.2, 0) is 11.2 Å². The smallest absolute Gasteiger partial charge is 0.405 e. The molecule has 7 nitrogen and oxygen atoms in total. The van der Waals surface area contributed by atoms with Crippen LogP contribution in [0.15, 0.2) is 42.5 Å². The number of amides is 1. The Hall–Kier alpha value is -3.25. The van der Waals surface area contributed by atoms with E-state index in [0.717, 1.165) is 27.1 Å². The van der Waals surface area contributed by atoms with Crippen LogP contribution in [0.1, 0.15) is 5.56 Å². The van der Waals surface area contributed by atoms with Crippen molar-refractivity contribution in [1.82, 2.24) is 15.2 Å². The monoisotopic (exact) mass is 451 g/mol. The van der Waals surface area contributed by atoms with Gasteiger partial charge < -0.3 is 15.8 Å². The maximum Gasteiger partial charge on any atom is 0.573 e. The molecule has 0 aliphatic rings. The molecule has 0 saturated heterocycles. The first-order valence-corrected chi connectivity index (χ1v) is 10.0. The SMILES string of the molecule is Nc1nc2ccc(CC(=O)Nc3nnc(-c4ccccc4OC(F)(F)F)s3)cc2s1. The van der Waals surface area contributed by atoms with Crippen LogP contribution in [0.2, 0.25) is 0 Å². The van der Waals surface area contributed by atoms with Gasteiger partial charge in [0.1, 0.15) is 5.75 Å². The predicted molar refractivity (Wildman–Crippen MR) is 108 cm³/mol. The molecule has 0 unspecified atom stereocenters. The molecule has 4 aromatic rings. The number of nitrogens with zero attached hydrogens (tertiary/aromatic N) is 3. The summed E-state index contributed by atoms with van der Waals surface area (Å²) in [6, 6.07) is 11.0. The van der Waals surface area contributed by atoms with E-state index < -0.39 is 12.1 Å². The maximum atomic E-state index is 12.6. The maximum absolute atomic E-state index is 12.6. The van der Waals surface area contributed by atoms with Gasteiger partial charge in [-0.3, -0.25) is 4.79 Å². The van der Waals surface area contributed by atoms with Gasteiger partial charge in [0.25, 0.3) is 0 Å². The second-order valence-corrected chi connectivity index (χ2v) is 8.08. The van der Waals surface area contributed by atoms with Crippen LogP contribution in [0, 0.1) is 0 Å². The average molecular weight is 451 g/mol. The van der Waals surface area contributed by atoms with Gasteiger partial charge in [-0.05, 0) is 29.8 Å². The molecule has 0 aliphatic heterocycles. The first-order valence-electron chi connectivity index (χ1n) is 8.40. The van der Waals surface area contributed by atoms with E-state index in [1.54, 1.807) is 18.2 Å². The first kappa shape index (κ1) is 20.0.